The van der Waals surface area contributed by atoms with Gasteiger partial charge in [-0.1, -0.05) is 12.1 Å². The van der Waals surface area contributed by atoms with Crippen LogP contribution in [-0.2, 0) is 4.74 Å². The van der Waals surface area contributed by atoms with Gasteiger partial charge in [-0.15, -0.1) is 0 Å². The minimum absolute atomic E-state index is 0.161. The van der Waals surface area contributed by atoms with Crippen LogP contribution < -0.4 is 10.5 Å². The molecular formula is C12H19NO3. The largest absolute Gasteiger partial charge is 0.497 e. The second kappa shape index (κ2) is 6.48. The van der Waals surface area contributed by atoms with Crippen molar-refractivity contribution in [3.8, 4) is 5.75 Å². The van der Waals surface area contributed by atoms with E-state index in [1.807, 2.05) is 24.3 Å². The average molecular weight is 225 g/mol. The summed E-state index contributed by atoms with van der Waals surface area (Å²) in [6.45, 7) is 0.445. The van der Waals surface area contributed by atoms with Gasteiger partial charge in [0, 0.05) is 13.2 Å². The first-order valence-electron chi connectivity index (χ1n) is 5.24. The minimum atomic E-state index is -0.583. The summed E-state index contributed by atoms with van der Waals surface area (Å²) in [5.74, 6) is 0.733. The molecule has 1 aromatic rings. The molecule has 0 fully saturated rings. The van der Waals surface area contributed by atoms with Crippen LogP contribution in [0.5, 0.6) is 5.75 Å². The first-order chi connectivity index (χ1) is 7.67. The minimum Gasteiger partial charge on any atom is -0.497 e. The van der Waals surface area contributed by atoms with Gasteiger partial charge in [0.15, 0.2) is 0 Å². The van der Waals surface area contributed by atoms with E-state index < -0.39 is 6.10 Å². The zero-order valence-corrected chi connectivity index (χ0v) is 9.72. The molecule has 0 saturated heterocycles. The molecule has 0 aliphatic heterocycles. The number of ether oxygens (including phenoxy) is 2. The Kier molecular flexibility index (Phi) is 5.25. The van der Waals surface area contributed by atoms with Crippen molar-refractivity contribution in [2.75, 3.05) is 20.8 Å². The SMILES string of the molecule is COCC(N)CC(O)c1cccc(OC)c1. The Labute approximate surface area is 96.0 Å². The van der Waals surface area contributed by atoms with Crippen molar-refractivity contribution >= 4 is 0 Å². The second-order valence-corrected chi connectivity index (χ2v) is 3.74. The van der Waals surface area contributed by atoms with E-state index >= 15 is 0 Å². The first kappa shape index (κ1) is 13.0. The summed E-state index contributed by atoms with van der Waals surface area (Å²) in [4.78, 5) is 0. The van der Waals surface area contributed by atoms with Crippen LogP contribution in [0.1, 0.15) is 18.1 Å². The monoisotopic (exact) mass is 225 g/mol. The molecule has 4 heteroatoms. The standard InChI is InChI=1S/C12H19NO3/c1-15-8-10(13)7-12(14)9-4-3-5-11(6-9)16-2/h3-6,10,12,14H,7-8,13H2,1-2H3. The molecule has 16 heavy (non-hydrogen) atoms. The molecule has 0 spiro atoms. The number of nitrogens with two attached hydrogens (primary N) is 1. The van der Waals surface area contributed by atoms with Crippen molar-refractivity contribution < 1.29 is 14.6 Å². The maximum absolute atomic E-state index is 9.95. The Morgan fingerprint density at radius 2 is 2.12 bits per heavy atom. The van der Waals surface area contributed by atoms with Gasteiger partial charge in [0.25, 0.3) is 0 Å². The molecule has 0 aliphatic rings. The van der Waals surface area contributed by atoms with Crippen LogP contribution in [0.3, 0.4) is 0 Å². The van der Waals surface area contributed by atoms with Crippen LogP contribution in [0.15, 0.2) is 24.3 Å². The zero-order valence-electron chi connectivity index (χ0n) is 9.72. The predicted octanol–water partition coefficient (Wildman–Crippen LogP) is 1.09. The third kappa shape index (κ3) is 3.81. The third-order valence-electron chi connectivity index (χ3n) is 2.39. The van der Waals surface area contributed by atoms with Gasteiger partial charge in [-0.2, -0.15) is 0 Å². The highest BCUT2D eigenvalue weighted by atomic mass is 16.5. The van der Waals surface area contributed by atoms with E-state index in [0.717, 1.165) is 11.3 Å². The summed E-state index contributed by atoms with van der Waals surface area (Å²) in [5, 5.41) is 9.95. The lowest BCUT2D eigenvalue weighted by Gasteiger charge is -2.16. The van der Waals surface area contributed by atoms with Crippen LogP contribution >= 0.6 is 0 Å². The normalized spacial score (nSPS) is 14.5. The van der Waals surface area contributed by atoms with Crippen molar-refractivity contribution in [3.05, 3.63) is 29.8 Å². The highest BCUT2D eigenvalue weighted by molar-refractivity contribution is 5.29. The number of methoxy groups -OCH3 is 2. The third-order valence-corrected chi connectivity index (χ3v) is 2.39. The fourth-order valence-corrected chi connectivity index (χ4v) is 1.55. The lowest BCUT2D eigenvalue weighted by Crippen LogP contribution is -2.27. The van der Waals surface area contributed by atoms with Gasteiger partial charge in [0.05, 0.1) is 19.8 Å². The van der Waals surface area contributed by atoms with Gasteiger partial charge < -0.3 is 20.3 Å². The van der Waals surface area contributed by atoms with Crippen molar-refractivity contribution in [2.24, 2.45) is 5.73 Å². The number of benzene rings is 1. The van der Waals surface area contributed by atoms with Crippen LogP contribution in [0.2, 0.25) is 0 Å². The predicted molar refractivity (Wildman–Crippen MR) is 62.4 cm³/mol. The Balaban J connectivity index is 2.61. The van der Waals surface area contributed by atoms with Crippen molar-refractivity contribution in [2.45, 2.75) is 18.6 Å². The van der Waals surface area contributed by atoms with Gasteiger partial charge in [0.1, 0.15) is 5.75 Å². The molecule has 3 N–H and O–H groups in total. The highest BCUT2D eigenvalue weighted by Gasteiger charge is 2.13. The number of hydrogen-bond acceptors (Lipinski definition) is 4. The summed E-state index contributed by atoms with van der Waals surface area (Å²) in [6.07, 6.45) is -0.110. The van der Waals surface area contributed by atoms with Crippen LogP contribution in [0.25, 0.3) is 0 Å². The molecule has 1 aromatic carbocycles. The van der Waals surface area contributed by atoms with Gasteiger partial charge in [-0.3, -0.25) is 0 Å². The van der Waals surface area contributed by atoms with E-state index in [4.69, 9.17) is 15.2 Å². The molecule has 0 bridgehead atoms. The average Bonchev–Trinajstić information content (AvgIpc) is 2.29. The number of hydrogen-bond donors (Lipinski definition) is 2. The molecule has 1 rings (SSSR count). The molecule has 0 saturated carbocycles. The Morgan fingerprint density at radius 3 is 2.75 bits per heavy atom. The second-order valence-electron chi connectivity index (χ2n) is 3.74. The summed E-state index contributed by atoms with van der Waals surface area (Å²) in [7, 11) is 3.19. The van der Waals surface area contributed by atoms with Gasteiger partial charge >= 0.3 is 0 Å². The van der Waals surface area contributed by atoms with Crippen molar-refractivity contribution in [1.82, 2.24) is 0 Å². The van der Waals surface area contributed by atoms with Gasteiger partial charge in [0.2, 0.25) is 0 Å². The summed E-state index contributed by atoms with van der Waals surface area (Å²) < 4.78 is 10.0. The molecule has 0 heterocycles. The fourth-order valence-electron chi connectivity index (χ4n) is 1.55. The number of rotatable bonds is 6. The smallest absolute Gasteiger partial charge is 0.119 e. The van der Waals surface area contributed by atoms with Gasteiger partial charge in [-0.25, -0.2) is 0 Å². The highest BCUT2D eigenvalue weighted by Crippen LogP contribution is 2.22. The molecule has 0 amide bonds. The molecule has 2 unspecified atom stereocenters. The molecule has 0 aromatic heterocycles. The summed E-state index contributed by atoms with van der Waals surface area (Å²) in [6, 6.07) is 7.19. The van der Waals surface area contributed by atoms with Crippen LogP contribution in [0.4, 0.5) is 0 Å². The van der Waals surface area contributed by atoms with E-state index in [-0.39, 0.29) is 6.04 Å². The van der Waals surface area contributed by atoms with Crippen LogP contribution in [-0.4, -0.2) is 32.0 Å². The lowest BCUT2D eigenvalue weighted by atomic mass is 10.0. The maximum Gasteiger partial charge on any atom is 0.119 e. The number of aliphatic hydroxyl groups excluding tert-OH is 1. The quantitative estimate of drug-likeness (QED) is 0.760. The maximum atomic E-state index is 9.95. The Bertz CT molecular complexity index is 317. The van der Waals surface area contributed by atoms with Crippen LogP contribution in [0, 0.1) is 0 Å². The topological polar surface area (TPSA) is 64.7 Å². The van der Waals surface area contributed by atoms with Crippen molar-refractivity contribution in [1.29, 1.82) is 0 Å². The first-order valence-corrected chi connectivity index (χ1v) is 5.24. The molecular weight excluding hydrogens is 206 g/mol. The molecule has 0 radical (unpaired) electrons. The van der Waals surface area contributed by atoms with E-state index in [1.165, 1.54) is 0 Å². The molecule has 4 nitrogen and oxygen atoms in total. The summed E-state index contributed by atoms with van der Waals surface area (Å²) >= 11 is 0. The van der Waals surface area contributed by atoms with E-state index in [2.05, 4.69) is 0 Å². The Hall–Kier alpha value is -1.10. The van der Waals surface area contributed by atoms with E-state index in [1.54, 1.807) is 14.2 Å². The fraction of sp³-hybridized carbons (Fsp3) is 0.500. The molecule has 90 valence electrons. The van der Waals surface area contributed by atoms with E-state index in [0.29, 0.717) is 13.0 Å². The molecule has 2 atom stereocenters. The molecule has 0 aliphatic carbocycles. The number of aliphatic hydroxyl groups is 1. The van der Waals surface area contributed by atoms with Crippen molar-refractivity contribution in [3.63, 3.8) is 0 Å². The van der Waals surface area contributed by atoms with Gasteiger partial charge in [-0.05, 0) is 24.1 Å². The lowest BCUT2D eigenvalue weighted by molar-refractivity contribution is 0.122. The van der Waals surface area contributed by atoms with E-state index in [9.17, 15) is 5.11 Å². The Morgan fingerprint density at radius 1 is 1.38 bits per heavy atom. The zero-order chi connectivity index (χ0) is 12.0. The summed E-state index contributed by atoms with van der Waals surface area (Å²) in [5.41, 5.74) is 6.59.